The number of aryl methyl sites for hydroxylation is 2. The molecule has 0 saturated carbocycles. The highest BCUT2D eigenvalue weighted by atomic mass is 16.3. The maximum absolute atomic E-state index is 13.5. The second-order valence-corrected chi connectivity index (χ2v) is 7.79. The Morgan fingerprint density at radius 3 is 2.16 bits per heavy atom. The van der Waals surface area contributed by atoms with E-state index in [9.17, 15) is 4.79 Å². The number of carbonyl (C=O) groups is 1. The molecule has 0 aliphatic carbocycles. The molecule has 156 valence electrons. The molecule has 4 heteroatoms. The molecule has 1 amide bonds. The standard InChI is InChI=1S/C27H26N2O2/c1-19-15-16-20(2)23(18-19)28-27(30)26(22-12-7-4-8-13-22)29-25(24-14-9-17-31-24)21-10-5-3-6-11-21/h3-18,25-26,29H,1-2H3,(H,28,30)/p+1/t25-,26+/m1/s1. The van der Waals surface area contributed by atoms with Crippen LogP contribution in [-0.4, -0.2) is 5.91 Å². The van der Waals surface area contributed by atoms with Gasteiger partial charge < -0.3 is 15.1 Å². The Kier molecular flexibility index (Phi) is 6.29. The number of hydrogen-bond acceptors (Lipinski definition) is 2. The molecule has 4 aromatic rings. The summed E-state index contributed by atoms with van der Waals surface area (Å²) in [5, 5.41) is 5.22. The highest BCUT2D eigenvalue weighted by Crippen LogP contribution is 2.23. The van der Waals surface area contributed by atoms with E-state index in [0.29, 0.717) is 0 Å². The lowest BCUT2D eigenvalue weighted by Crippen LogP contribution is -2.88. The third kappa shape index (κ3) is 4.93. The van der Waals surface area contributed by atoms with Crippen LogP contribution in [0.5, 0.6) is 0 Å². The highest BCUT2D eigenvalue weighted by Gasteiger charge is 2.31. The molecule has 0 fully saturated rings. The van der Waals surface area contributed by atoms with Crippen LogP contribution in [-0.2, 0) is 4.79 Å². The summed E-state index contributed by atoms with van der Waals surface area (Å²) in [4.78, 5) is 13.5. The van der Waals surface area contributed by atoms with Crippen LogP contribution in [0.25, 0.3) is 0 Å². The molecule has 0 aliphatic heterocycles. The average molecular weight is 412 g/mol. The quantitative estimate of drug-likeness (QED) is 0.453. The van der Waals surface area contributed by atoms with Gasteiger partial charge in [0.15, 0.2) is 17.8 Å². The van der Waals surface area contributed by atoms with Crippen LogP contribution in [0.4, 0.5) is 5.69 Å². The summed E-state index contributed by atoms with van der Waals surface area (Å²) < 4.78 is 5.76. The molecule has 0 saturated heterocycles. The lowest BCUT2D eigenvalue weighted by Gasteiger charge is -2.22. The molecule has 0 unspecified atom stereocenters. The van der Waals surface area contributed by atoms with E-state index in [1.54, 1.807) is 6.26 Å². The van der Waals surface area contributed by atoms with Crippen molar-refractivity contribution < 1.29 is 14.5 Å². The van der Waals surface area contributed by atoms with E-state index in [0.717, 1.165) is 33.7 Å². The third-order valence-electron chi connectivity index (χ3n) is 5.49. The van der Waals surface area contributed by atoms with E-state index in [-0.39, 0.29) is 11.9 Å². The number of nitrogens with one attached hydrogen (secondary N) is 1. The van der Waals surface area contributed by atoms with Gasteiger partial charge in [-0.25, -0.2) is 0 Å². The highest BCUT2D eigenvalue weighted by molar-refractivity contribution is 5.95. The van der Waals surface area contributed by atoms with Crippen LogP contribution in [0.3, 0.4) is 0 Å². The van der Waals surface area contributed by atoms with Gasteiger partial charge in [-0.3, -0.25) is 4.79 Å². The van der Waals surface area contributed by atoms with Gasteiger partial charge in [-0.15, -0.1) is 0 Å². The van der Waals surface area contributed by atoms with E-state index in [4.69, 9.17) is 4.42 Å². The van der Waals surface area contributed by atoms with E-state index >= 15 is 0 Å². The first-order valence-corrected chi connectivity index (χ1v) is 10.5. The van der Waals surface area contributed by atoms with Gasteiger partial charge in [-0.1, -0.05) is 72.8 Å². The molecular weight excluding hydrogens is 384 g/mol. The Bertz CT molecular complexity index is 1120. The zero-order chi connectivity index (χ0) is 21.6. The van der Waals surface area contributed by atoms with E-state index in [1.165, 1.54) is 0 Å². The number of anilines is 1. The van der Waals surface area contributed by atoms with Crippen molar-refractivity contribution in [2.45, 2.75) is 25.9 Å². The van der Waals surface area contributed by atoms with Gasteiger partial charge in [0.25, 0.3) is 5.91 Å². The van der Waals surface area contributed by atoms with Crippen LogP contribution >= 0.6 is 0 Å². The Labute approximate surface area is 182 Å². The molecule has 0 bridgehead atoms. The Balaban J connectivity index is 1.69. The second-order valence-electron chi connectivity index (χ2n) is 7.79. The Morgan fingerprint density at radius 2 is 1.52 bits per heavy atom. The maximum Gasteiger partial charge on any atom is 0.287 e. The summed E-state index contributed by atoms with van der Waals surface area (Å²) in [5.41, 5.74) is 5.01. The van der Waals surface area contributed by atoms with Crippen molar-refractivity contribution in [2.24, 2.45) is 0 Å². The molecule has 1 aromatic heterocycles. The minimum Gasteiger partial charge on any atom is -0.463 e. The summed E-state index contributed by atoms with van der Waals surface area (Å²) in [7, 11) is 0. The van der Waals surface area contributed by atoms with Gasteiger partial charge in [-0.2, -0.15) is 0 Å². The maximum atomic E-state index is 13.5. The third-order valence-corrected chi connectivity index (χ3v) is 5.49. The zero-order valence-corrected chi connectivity index (χ0v) is 17.8. The molecule has 3 N–H and O–H groups in total. The molecule has 4 nitrogen and oxygen atoms in total. The predicted molar refractivity (Wildman–Crippen MR) is 123 cm³/mol. The van der Waals surface area contributed by atoms with E-state index < -0.39 is 6.04 Å². The van der Waals surface area contributed by atoms with Crippen molar-refractivity contribution in [1.82, 2.24) is 0 Å². The van der Waals surface area contributed by atoms with Gasteiger partial charge in [-0.05, 0) is 43.2 Å². The van der Waals surface area contributed by atoms with Crippen LogP contribution in [0.1, 0.15) is 40.1 Å². The van der Waals surface area contributed by atoms with Crippen molar-refractivity contribution in [3.63, 3.8) is 0 Å². The van der Waals surface area contributed by atoms with Crippen LogP contribution < -0.4 is 10.6 Å². The monoisotopic (exact) mass is 411 g/mol. The van der Waals surface area contributed by atoms with Crippen molar-refractivity contribution in [1.29, 1.82) is 0 Å². The predicted octanol–water partition coefficient (Wildman–Crippen LogP) is 4.93. The normalized spacial score (nSPS) is 12.8. The minimum atomic E-state index is -0.448. The first-order valence-electron chi connectivity index (χ1n) is 10.5. The summed E-state index contributed by atoms with van der Waals surface area (Å²) in [5.74, 6) is 0.749. The number of amides is 1. The summed E-state index contributed by atoms with van der Waals surface area (Å²) >= 11 is 0. The van der Waals surface area contributed by atoms with Crippen LogP contribution in [0, 0.1) is 13.8 Å². The fourth-order valence-corrected chi connectivity index (χ4v) is 3.78. The summed E-state index contributed by atoms with van der Waals surface area (Å²) in [6.45, 7) is 4.03. The number of nitrogens with two attached hydrogens (primary N) is 1. The smallest absolute Gasteiger partial charge is 0.287 e. The van der Waals surface area contributed by atoms with Crippen LogP contribution in [0.15, 0.2) is 102 Å². The molecule has 4 rings (SSSR count). The van der Waals surface area contributed by atoms with Crippen LogP contribution in [0.2, 0.25) is 0 Å². The number of benzene rings is 3. The fraction of sp³-hybridized carbons (Fsp3) is 0.148. The molecule has 31 heavy (non-hydrogen) atoms. The Hall–Kier alpha value is -3.63. The number of rotatable bonds is 7. The molecule has 0 aliphatic rings. The molecule has 3 aromatic carbocycles. The molecule has 0 radical (unpaired) electrons. The summed E-state index contributed by atoms with van der Waals surface area (Å²) in [6.07, 6.45) is 1.67. The van der Waals surface area contributed by atoms with E-state index in [1.807, 2.05) is 92.7 Å². The minimum absolute atomic E-state index is 0.0626. The first kappa shape index (κ1) is 20.6. The lowest BCUT2D eigenvalue weighted by molar-refractivity contribution is -0.715. The van der Waals surface area contributed by atoms with Gasteiger partial charge >= 0.3 is 0 Å². The zero-order valence-electron chi connectivity index (χ0n) is 17.8. The second kappa shape index (κ2) is 9.45. The van der Waals surface area contributed by atoms with Crippen molar-refractivity contribution >= 4 is 11.6 Å². The molecule has 0 spiro atoms. The van der Waals surface area contributed by atoms with Gasteiger partial charge in [0, 0.05) is 16.8 Å². The number of carbonyl (C=O) groups excluding carboxylic acids is 1. The lowest BCUT2D eigenvalue weighted by atomic mass is 9.99. The SMILES string of the molecule is Cc1ccc(C)c(NC(=O)[C@@H]([NH2+][C@H](c2ccccc2)c2ccco2)c2ccccc2)c1. The van der Waals surface area contributed by atoms with Gasteiger partial charge in [0.05, 0.1) is 6.26 Å². The van der Waals surface area contributed by atoms with Crippen molar-refractivity contribution in [3.8, 4) is 0 Å². The molecular formula is C27H27N2O2+. The average Bonchev–Trinajstić information content (AvgIpc) is 3.33. The largest absolute Gasteiger partial charge is 0.463 e. The number of hydrogen-bond donors (Lipinski definition) is 2. The number of quaternary nitrogens is 1. The van der Waals surface area contributed by atoms with Gasteiger partial charge in [0.1, 0.15) is 0 Å². The topological polar surface area (TPSA) is 58.9 Å². The van der Waals surface area contributed by atoms with E-state index in [2.05, 4.69) is 22.8 Å². The number of furan rings is 1. The Morgan fingerprint density at radius 1 is 0.839 bits per heavy atom. The van der Waals surface area contributed by atoms with Gasteiger partial charge in [0.2, 0.25) is 0 Å². The first-order chi connectivity index (χ1) is 15.1. The summed E-state index contributed by atoms with van der Waals surface area (Å²) in [6, 6.07) is 29.3. The fourth-order valence-electron chi connectivity index (χ4n) is 3.78. The van der Waals surface area contributed by atoms with Crippen molar-refractivity contribution in [2.75, 3.05) is 5.32 Å². The van der Waals surface area contributed by atoms with Crippen molar-refractivity contribution in [3.05, 3.63) is 125 Å². The molecule has 1 heterocycles. The molecule has 2 atom stereocenters.